The van der Waals surface area contributed by atoms with Crippen LogP contribution in [-0.4, -0.2) is 73.7 Å². The van der Waals surface area contributed by atoms with Crippen LogP contribution in [0, 0.1) is 5.92 Å². The van der Waals surface area contributed by atoms with Crippen LogP contribution in [0.3, 0.4) is 0 Å². The maximum atomic E-state index is 13.5. The molecule has 4 rings (SSSR count). The number of aromatic nitrogens is 4. The summed E-state index contributed by atoms with van der Waals surface area (Å²) in [6, 6.07) is 10.1. The smallest absolute Gasteiger partial charge is 0.243 e. The Hall–Kier alpha value is -3.38. The van der Waals surface area contributed by atoms with Crippen molar-refractivity contribution in [2.75, 3.05) is 25.1 Å². The van der Waals surface area contributed by atoms with Crippen molar-refractivity contribution < 1.29 is 18.9 Å². The number of hydrogen-bond donors (Lipinski definition) is 2. The number of nitrogens with one attached hydrogen (secondary N) is 2. The van der Waals surface area contributed by atoms with Crippen LogP contribution >= 0.6 is 23.4 Å². The number of fused-ring (bicyclic) bond motifs is 1. The topological polar surface area (TPSA) is 135 Å². The molecule has 0 radical (unpaired) electrons. The monoisotopic (exact) mass is 615 g/mol. The van der Waals surface area contributed by atoms with Gasteiger partial charge in [0.2, 0.25) is 17.7 Å². The Balaban J connectivity index is 1.65. The van der Waals surface area contributed by atoms with Crippen molar-refractivity contribution in [1.82, 2.24) is 35.5 Å². The maximum absolute atomic E-state index is 13.5. The van der Waals surface area contributed by atoms with Gasteiger partial charge >= 0.3 is 0 Å². The minimum absolute atomic E-state index is 0.0169. The third kappa shape index (κ3) is 8.57. The fraction of sp³-hybridized carbons (Fsp3) is 0.517. The predicted molar refractivity (Wildman–Crippen MR) is 162 cm³/mol. The lowest BCUT2D eigenvalue weighted by Gasteiger charge is -2.28. The molecule has 3 heterocycles. The molecule has 2 aromatic heterocycles. The molecule has 2 N–H and O–H groups in total. The Morgan fingerprint density at radius 2 is 1.95 bits per heavy atom. The first kappa shape index (κ1) is 31.6. The van der Waals surface area contributed by atoms with Gasteiger partial charge < -0.3 is 20.1 Å². The van der Waals surface area contributed by atoms with Gasteiger partial charge in [-0.15, -0.1) is 0 Å². The van der Waals surface area contributed by atoms with Gasteiger partial charge in [0, 0.05) is 44.0 Å². The highest BCUT2D eigenvalue weighted by molar-refractivity contribution is 7.98. The number of halogens is 1. The van der Waals surface area contributed by atoms with Crippen LogP contribution in [0.1, 0.15) is 57.2 Å². The second-order valence-electron chi connectivity index (χ2n) is 10.6. The molecule has 1 aliphatic heterocycles. The summed E-state index contributed by atoms with van der Waals surface area (Å²) in [5.74, 6) is 1.85. The van der Waals surface area contributed by atoms with Crippen molar-refractivity contribution in [3.8, 4) is 11.4 Å². The molecule has 2 atom stereocenters. The van der Waals surface area contributed by atoms with E-state index in [1.807, 2.05) is 50.4 Å². The first-order valence-electron chi connectivity index (χ1n) is 14.2. The average Bonchev–Trinajstić information content (AvgIpc) is 3.60. The number of carbonyl (C=O) groups excluding carboxylic acids is 3. The summed E-state index contributed by atoms with van der Waals surface area (Å²) < 4.78 is 6.96. The van der Waals surface area contributed by atoms with Crippen LogP contribution in [0.15, 0.2) is 40.9 Å². The Morgan fingerprint density at radius 1 is 1.17 bits per heavy atom. The molecule has 0 spiro atoms. The van der Waals surface area contributed by atoms with E-state index in [9.17, 15) is 14.4 Å². The van der Waals surface area contributed by atoms with Crippen LogP contribution in [0.4, 0.5) is 0 Å². The van der Waals surface area contributed by atoms with Crippen LogP contribution in [-0.2, 0) is 27.3 Å². The Kier molecular flexibility index (Phi) is 11.4. The van der Waals surface area contributed by atoms with E-state index in [1.54, 1.807) is 27.4 Å². The van der Waals surface area contributed by atoms with E-state index >= 15 is 0 Å². The van der Waals surface area contributed by atoms with Gasteiger partial charge in [-0.1, -0.05) is 60.9 Å². The number of thioether (sulfide) groups is 1. The zero-order valence-corrected chi connectivity index (χ0v) is 25.8. The normalized spacial score (nSPS) is 18.7. The molecule has 3 aromatic rings. The molecule has 3 amide bonds. The molecule has 0 saturated heterocycles. The lowest BCUT2D eigenvalue weighted by atomic mass is 10.0. The van der Waals surface area contributed by atoms with Crippen molar-refractivity contribution in [2.45, 2.75) is 64.6 Å². The van der Waals surface area contributed by atoms with Crippen molar-refractivity contribution in [1.29, 1.82) is 0 Å². The van der Waals surface area contributed by atoms with E-state index < -0.39 is 12.1 Å². The largest absolute Gasteiger partial charge is 0.360 e. The van der Waals surface area contributed by atoms with Gasteiger partial charge in [-0.2, -0.15) is 16.9 Å². The number of hydrogen-bond acceptors (Lipinski definition) is 8. The lowest BCUT2D eigenvalue weighted by Crippen LogP contribution is -2.49. The van der Waals surface area contributed by atoms with Gasteiger partial charge in [0.05, 0.1) is 12.6 Å². The highest BCUT2D eigenvalue weighted by Gasteiger charge is 2.30. The molecular weight excluding hydrogens is 578 g/mol. The molecule has 0 bridgehead atoms. The van der Waals surface area contributed by atoms with Gasteiger partial charge in [0.1, 0.15) is 11.8 Å². The number of rotatable bonds is 8. The van der Waals surface area contributed by atoms with E-state index in [1.165, 1.54) is 0 Å². The van der Waals surface area contributed by atoms with Gasteiger partial charge in [0.15, 0.2) is 16.8 Å². The van der Waals surface area contributed by atoms with Gasteiger partial charge in [-0.25, -0.2) is 9.67 Å². The van der Waals surface area contributed by atoms with E-state index in [0.717, 1.165) is 11.3 Å². The van der Waals surface area contributed by atoms with Gasteiger partial charge in [0.25, 0.3) is 0 Å². The summed E-state index contributed by atoms with van der Waals surface area (Å²) in [7, 11) is 0. The molecule has 1 aromatic carbocycles. The molecule has 0 fully saturated rings. The highest BCUT2D eigenvalue weighted by Crippen LogP contribution is 2.25. The fourth-order valence-corrected chi connectivity index (χ4v) is 5.44. The molecule has 226 valence electrons. The zero-order valence-electron chi connectivity index (χ0n) is 24.2. The summed E-state index contributed by atoms with van der Waals surface area (Å²) in [6.07, 6.45) is 3.69. The van der Waals surface area contributed by atoms with E-state index in [-0.39, 0.29) is 41.6 Å². The minimum atomic E-state index is -0.675. The molecule has 42 heavy (non-hydrogen) atoms. The van der Waals surface area contributed by atoms with Crippen molar-refractivity contribution in [2.24, 2.45) is 5.92 Å². The fourth-order valence-electron chi connectivity index (χ4n) is 4.81. The number of nitrogens with zero attached hydrogens (tertiary/aromatic N) is 5. The van der Waals surface area contributed by atoms with E-state index in [2.05, 4.69) is 15.8 Å². The molecular formula is C29H38ClN7O4S. The summed E-state index contributed by atoms with van der Waals surface area (Å²) >= 11 is 7.48. The Bertz CT molecular complexity index is 1350. The predicted octanol–water partition coefficient (Wildman–Crippen LogP) is 3.89. The minimum Gasteiger partial charge on any atom is -0.360 e. The SMILES string of the molecule is CSCC[C@@H]1NC(=O)CCCN(C(=O)CCc2cc(Cl)no2)CCn2nc(-c3ccccc3)nc2[C@@H](C(C)C)NC1=O. The number of carbonyl (C=O) groups is 3. The maximum Gasteiger partial charge on any atom is 0.243 e. The number of aryl methyl sites for hydroxylation is 1. The van der Waals surface area contributed by atoms with Crippen molar-refractivity contribution >= 4 is 41.1 Å². The summed E-state index contributed by atoms with van der Waals surface area (Å²) in [5.41, 5.74) is 0.855. The summed E-state index contributed by atoms with van der Waals surface area (Å²) in [4.78, 5) is 46.4. The second kappa shape index (κ2) is 15.2. The van der Waals surface area contributed by atoms with Crippen molar-refractivity contribution in [3.63, 3.8) is 0 Å². The van der Waals surface area contributed by atoms with Crippen LogP contribution in [0.25, 0.3) is 11.4 Å². The molecule has 11 nitrogen and oxygen atoms in total. The second-order valence-corrected chi connectivity index (χ2v) is 12.0. The number of amides is 3. The molecule has 0 saturated carbocycles. The molecule has 13 heteroatoms. The van der Waals surface area contributed by atoms with Gasteiger partial charge in [-0.05, 0) is 30.8 Å². The third-order valence-corrected chi connectivity index (χ3v) is 7.94. The van der Waals surface area contributed by atoms with Crippen LogP contribution < -0.4 is 10.6 Å². The average molecular weight is 616 g/mol. The van der Waals surface area contributed by atoms with E-state index in [4.69, 9.17) is 26.2 Å². The highest BCUT2D eigenvalue weighted by atomic mass is 35.5. The Morgan fingerprint density at radius 3 is 2.64 bits per heavy atom. The standard InChI is InChI=1S/C29H38ClN7O4S/c1-19(2)26-28-33-27(20-8-5-4-6-9-20)34-37(28)16-15-36(25(39)12-11-21-18-23(30)35-41-21)14-7-10-24(38)31-22(13-17-42-3)29(40)32-26/h4-6,8-9,18-19,22,26H,7,10-17H2,1-3H3,(H,31,38)(H,32,40)/t22-,26+/m0/s1. The Labute approximate surface area is 255 Å². The lowest BCUT2D eigenvalue weighted by molar-refractivity contribution is -0.132. The summed E-state index contributed by atoms with van der Waals surface area (Å²) in [6.45, 7) is 5.13. The van der Waals surface area contributed by atoms with Crippen LogP contribution in [0.2, 0.25) is 5.15 Å². The van der Waals surface area contributed by atoms with Gasteiger partial charge in [-0.3, -0.25) is 14.4 Å². The van der Waals surface area contributed by atoms with E-state index in [0.29, 0.717) is 56.3 Å². The summed E-state index contributed by atoms with van der Waals surface area (Å²) in [5, 5.41) is 14.8. The first-order valence-corrected chi connectivity index (χ1v) is 16.0. The quantitative estimate of drug-likeness (QED) is 0.390. The first-order chi connectivity index (χ1) is 20.2. The molecule has 0 unspecified atom stereocenters. The molecule has 1 aliphatic rings. The zero-order chi connectivity index (χ0) is 30.1. The number of benzene rings is 1. The van der Waals surface area contributed by atoms with Crippen molar-refractivity contribution in [3.05, 3.63) is 53.1 Å². The molecule has 0 aliphatic carbocycles. The van der Waals surface area contributed by atoms with Crippen LogP contribution in [0.5, 0.6) is 0 Å². The third-order valence-electron chi connectivity index (χ3n) is 7.12.